The third-order valence-electron chi connectivity index (χ3n) is 5.86. The van der Waals surface area contributed by atoms with Gasteiger partial charge in [0.05, 0.1) is 0 Å². The van der Waals surface area contributed by atoms with Crippen LogP contribution < -0.4 is 0 Å². The standard InChI is InChI=1S/C22H24N2O4/c1-23(2)14-11-20(21(25)26)24(12-14)22(27)28-13-19-17-9-5-3-7-15(17)16-8-4-6-10-18(16)19/h3-10,14,19-20H,11-13H2,1-2H3,(H,25,26)/t14-,20-/m0/s1. The summed E-state index contributed by atoms with van der Waals surface area (Å²) in [6.45, 7) is 0.559. The summed E-state index contributed by atoms with van der Waals surface area (Å²) >= 11 is 0. The zero-order valence-electron chi connectivity index (χ0n) is 16.0. The second-order valence-corrected chi connectivity index (χ2v) is 7.66. The van der Waals surface area contributed by atoms with E-state index in [-0.39, 0.29) is 18.6 Å². The maximum atomic E-state index is 12.7. The fourth-order valence-corrected chi connectivity index (χ4v) is 4.30. The van der Waals surface area contributed by atoms with Gasteiger partial charge in [-0.05, 0) is 42.8 Å². The van der Waals surface area contributed by atoms with Gasteiger partial charge in [-0.15, -0.1) is 0 Å². The molecule has 28 heavy (non-hydrogen) atoms. The van der Waals surface area contributed by atoms with E-state index in [1.165, 1.54) is 4.90 Å². The van der Waals surface area contributed by atoms with Crippen molar-refractivity contribution in [3.05, 3.63) is 59.7 Å². The minimum atomic E-state index is -0.988. The van der Waals surface area contributed by atoms with Crippen molar-refractivity contribution >= 4 is 12.1 Å². The van der Waals surface area contributed by atoms with Gasteiger partial charge in [-0.3, -0.25) is 4.90 Å². The Morgan fingerprint density at radius 3 is 2.18 bits per heavy atom. The number of benzene rings is 2. The number of aliphatic carboxylic acids is 1. The number of ether oxygens (including phenoxy) is 1. The molecule has 1 saturated heterocycles. The van der Waals surface area contributed by atoms with Gasteiger partial charge in [0, 0.05) is 18.5 Å². The summed E-state index contributed by atoms with van der Waals surface area (Å²) in [5.41, 5.74) is 4.60. The van der Waals surface area contributed by atoms with Gasteiger partial charge in [0.15, 0.2) is 0 Å². The molecule has 0 aromatic heterocycles. The zero-order chi connectivity index (χ0) is 19.8. The number of hydrogen-bond donors (Lipinski definition) is 1. The predicted molar refractivity (Wildman–Crippen MR) is 105 cm³/mol. The van der Waals surface area contributed by atoms with Gasteiger partial charge in [-0.2, -0.15) is 0 Å². The summed E-state index contributed by atoms with van der Waals surface area (Å²) in [6.07, 6.45) is -0.148. The van der Waals surface area contributed by atoms with Gasteiger partial charge in [0.2, 0.25) is 0 Å². The molecule has 1 aliphatic carbocycles. The van der Waals surface area contributed by atoms with Gasteiger partial charge in [-0.25, -0.2) is 9.59 Å². The smallest absolute Gasteiger partial charge is 0.410 e. The number of carboxylic acids is 1. The number of amides is 1. The van der Waals surface area contributed by atoms with Crippen molar-refractivity contribution in [2.24, 2.45) is 0 Å². The molecule has 2 aromatic rings. The molecular weight excluding hydrogens is 356 g/mol. The van der Waals surface area contributed by atoms with Crippen molar-refractivity contribution in [1.82, 2.24) is 9.80 Å². The first-order valence-corrected chi connectivity index (χ1v) is 9.48. The van der Waals surface area contributed by atoms with Crippen LogP contribution in [0.3, 0.4) is 0 Å². The summed E-state index contributed by atoms with van der Waals surface area (Å²) < 4.78 is 5.64. The topological polar surface area (TPSA) is 70.1 Å². The van der Waals surface area contributed by atoms with Gasteiger partial charge >= 0.3 is 12.1 Å². The minimum absolute atomic E-state index is 0.0154. The maximum Gasteiger partial charge on any atom is 0.410 e. The van der Waals surface area contributed by atoms with Crippen molar-refractivity contribution in [2.45, 2.75) is 24.4 Å². The molecule has 0 radical (unpaired) electrons. The molecule has 0 saturated carbocycles. The Hall–Kier alpha value is -2.86. The lowest BCUT2D eigenvalue weighted by molar-refractivity contribution is -0.141. The van der Waals surface area contributed by atoms with Crippen LogP contribution in [0.1, 0.15) is 23.5 Å². The summed E-state index contributed by atoms with van der Waals surface area (Å²) in [5.74, 6) is -1.02. The number of carboxylic acid groups (broad SMARTS) is 1. The van der Waals surface area contributed by atoms with Crippen LogP contribution in [0.2, 0.25) is 0 Å². The number of fused-ring (bicyclic) bond motifs is 3. The second-order valence-electron chi connectivity index (χ2n) is 7.66. The van der Waals surface area contributed by atoms with Crippen LogP contribution in [0.5, 0.6) is 0 Å². The first-order chi connectivity index (χ1) is 13.5. The number of carbonyl (C=O) groups is 2. The fourth-order valence-electron chi connectivity index (χ4n) is 4.30. The van der Waals surface area contributed by atoms with Gasteiger partial charge in [0.1, 0.15) is 12.6 Å². The van der Waals surface area contributed by atoms with Crippen molar-refractivity contribution in [3.63, 3.8) is 0 Å². The Kier molecular flexibility index (Phi) is 4.81. The predicted octanol–water partition coefficient (Wildman–Crippen LogP) is 3.02. The lowest BCUT2D eigenvalue weighted by atomic mass is 9.98. The molecule has 4 rings (SSSR count). The molecule has 1 amide bonds. The molecule has 1 aliphatic heterocycles. The number of nitrogens with zero attached hydrogens (tertiary/aromatic N) is 2. The lowest BCUT2D eigenvalue weighted by Crippen LogP contribution is -2.41. The first kappa shape index (κ1) is 18.5. The van der Waals surface area contributed by atoms with E-state index in [9.17, 15) is 14.7 Å². The zero-order valence-corrected chi connectivity index (χ0v) is 16.0. The highest BCUT2D eigenvalue weighted by molar-refractivity contribution is 5.81. The average Bonchev–Trinajstić information content (AvgIpc) is 3.27. The van der Waals surface area contributed by atoms with Crippen molar-refractivity contribution in [1.29, 1.82) is 0 Å². The lowest BCUT2D eigenvalue weighted by Gasteiger charge is -2.23. The van der Waals surface area contributed by atoms with Gasteiger partial charge < -0.3 is 14.7 Å². The molecule has 146 valence electrons. The van der Waals surface area contributed by atoms with E-state index in [0.717, 1.165) is 22.3 Å². The SMILES string of the molecule is CN(C)[C@H]1C[C@@H](C(=O)O)N(C(=O)OCC2c3ccccc3-c3ccccc32)C1. The largest absolute Gasteiger partial charge is 0.480 e. The summed E-state index contributed by atoms with van der Waals surface area (Å²) in [7, 11) is 3.79. The fraction of sp³-hybridized carbons (Fsp3) is 0.364. The Morgan fingerprint density at radius 2 is 1.64 bits per heavy atom. The van der Waals surface area contributed by atoms with E-state index in [4.69, 9.17) is 4.74 Å². The average molecular weight is 380 g/mol. The van der Waals surface area contributed by atoms with Crippen molar-refractivity contribution in [3.8, 4) is 11.1 Å². The van der Waals surface area contributed by atoms with Crippen LogP contribution in [0.4, 0.5) is 4.79 Å². The second kappa shape index (κ2) is 7.28. The number of hydrogen-bond acceptors (Lipinski definition) is 4. The third-order valence-corrected chi connectivity index (χ3v) is 5.86. The van der Waals surface area contributed by atoms with Crippen molar-refractivity contribution < 1.29 is 19.4 Å². The maximum absolute atomic E-state index is 12.7. The molecule has 0 unspecified atom stereocenters. The normalized spacial score (nSPS) is 20.9. The quantitative estimate of drug-likeness (QED) is 0.883. The molecule has 1 N–H and O–H groups in total. The van der Waals surface area contributed by atoms with E-state index in [1.807, 2.05) is 43.3 Å². The molecule has 0 spiro atoms. The third kappa shape index (κ3) is 3.14. The number of rotatable bonds is 4. The van der Waals surface area contributed by atoms with Gasteiger partial charge in [-0.1, -0.05) is 48.5 Å². The Balaban J connectivity index is 1.51. The number of carbonyl (C=O) groups excluding carboxylic acids is 1. The van der Waals surface area contributed by atoms with Gasteiger partial charge in [0.25, 0.3) is 0 Å². The molecule has 6 heteroatoms. The van der Waals surface area contributed by atoms with Crippen LogP contribution in [0.15, 0.2) is 48.5 Å². The van der Waals surface area contributed by atoms with E-state index in [1.54, 1.807) is 0 Å². The summed E-state index contributed by atoms with van der Waals surface area (Å²) in [6, 6.07) is 15.4. The van der Waals surface area contributed by atoms with Crippen LogP contribution in [-0.2, 0) is 9.53 Å². The first-order valence-electron chi connectivity index (χ1n) is 9.48. The van der Waals surface area contributed by atoms with E-state index in [2.05, 4.69) is 24.3 Å². The monoisotopic (exact) mass is 380 g/mol. The summed E-state index contributed by atoms with van der Waals surface area (Å²) in [5, 5.41) is 9.50. The molecule has 2 aliphatic rings. The van der Waals surface area contributed by atoms with E-state index >= 15 is 0 Å². The van der Waals surface area contributed by atoms with Crippen molar-refractivity contribution in [2.75, 3.05) is 27.2 Å². The Labute approximate surface area is 164 Å². The highest BCUT2D eigenvalue weighted by atomic mass is 16.6. The molecule has 6 nitrogen and oxygen atoms in total. The molecule has 1 heterocycles. The minimum Gasteiger partial charge on any atom is -0.480 e. The highest BCUT2D eigenvalue weighted by Crippen LogP contribution is 2.44. The molecule has 2 aromatic carbocycles. The highest BCUT2D eigenvalue weighted by Gasteiger charge is 2.41. The van der Waals surface area contributed by atoms with E-state index < -0.39 is 18.1 Å². The number of likely N-dealkylation sites (N-methyl/N-ethyl adjacent to an activating group) is 1. The Bertz CT molecular complexity index is 865. The molecule has 1 fully saturated rings. The Morgan fingerprint density at radius 1 is 1.07 bits per heavy atom. The molecular formula is C22H24N2O4. The van der Waals surface area contributed by atoms with Crippen LogP contribution >= 0.6 is 0 Å². The molecule has 2 atom stereocenters. The van der Waals surface area contributed by atoms with Crippen LogP contribution in [-0.4, -0.2) is 66.3 Å². The van der Waals surface area contributed by atoms with E-state index in [0.29, 0.717) is 13.0 Å². The summed E-state index contributed by atoms with van der Waals surface area (Å²) in [4.78, 5) is 27.6. The molecule has 0 bridgehead atoms. The van der Waals surface area contributed by atoms with Crippen LogP contribution in [0, 0.1) is 0 Å². The van der Waals surface area contributed by atoms with Crippen LogP contribution in [0.25, 0.3) is 11.1 Å². The number of likely N-dealkylation sites (tertiary alicyclic amines) is 1.